The fraction of sp³-hybridized carbons (Fsp3) is 0. The van der Waals surface area contributed by atoms with E-state index in [4.69, 9.17) is 17.7 Å². The zero-order chi connectivity index (χ0) is 14.3. The number of benzene rings is 2. The van der Waals surface area contributed by atoms with Crippen molar-refractivity contribution in [2.75, 3.05) is 0 Å². The van der Waals surface area contributed by atoms with Gasteiger partial charge in [-0.2, -0.15) is 0 Å². The van der Waals surface area contributed by atoms with Crippen molar-refractivity contribution in [1.82, 2.24) is 0 Å². The molecular formula is C18H8O4. The van der Waals surface area contributed by atoms with Gasteiger partial charge < -0.3 is 17.7 Å². The van der Waals surface area contributed by atoms with Crippen LogP contribution in [0.25, 0.3) is 54.6 Å². The molecule has 4 nitrogen and oxygen atoms in total. The highest BCUT2D eigenvalue weighted by Crippen LogP contribution is 2.44. The summed E-state index contributed by atoms with van der Waals surface area (Å²) < 4.78 is 22.9. The van der Waals surface area contributed by atoms with Crippen molar-refractivity contribution in [1.29, 1.82) is 0 Å². The molecule has 2 aromatic carbocycles. The predicted octanol–water partition coefficient (Wildman–Crippen LogP) is 5.82. The van der Waals surface area contributed by atoms with Gasteiger partial charge in [0, 0.05) is 21.5 Å². The van der Waals surface area contributed by atoms with E-state index in [0.29, 0.717) is 0 Å². The van der Waals surface area contributed by atoms with Gasteiger partial charge in [-0.1, -0.05) is 0 Å². The van der Waals surface area contributed by atoms with Gasteiger partial charge in [0.1, 0.15) is 22.3 Å². The van der Waals surface area contributed by atoms with Gasteiger partial charge in [-0.3, -0.25) is 0 Å². The molecule has 4 heteroatoms. The quantitative estimate of drug-likeness (QED) is 0.353. The predicted molar refractivity (Wildman–Crippen MR) is 83.0 cm³/mol. The van der Waals surface area contributed by atoms with Crippen LogP contribution < -0.4 is 0 Å². The molecule has 0 atom stereocenters. The maximum atomic E-state index is 5.77. The molecule has 0 aliphatic carbocycles. The van der Waals surface area contributed by atoms with Crippen LogP contribution in [0.3, 0.4) is 0 Å². The zero-order valence-electron chi connectivity index (χ0n) is 11.3. The van der Waals surface area contributed by atoms with E-state index < -0.39 is 0 Å². The summed E-state index contributed by atoms with van der Waals surface area (Å²) in [5, 5.41) is 5.96. The fourth-order valence-electron chi connectivity index (χ4n) is 3.53. The second-order valence-corrected chi connectivity index (χ2v) is 5.40. The summed E-state index contributed by atoms with van der Waals surface area (Å²) in [6, 6.07) is 7.80. The second kappa shape index (κ2) is 3.36. The van der Waals surface area contributed by atoms with Gasteiger partial charge >= 0.3 is 0 Å². The van der Waals surface area contributed by atoms with E-state index in [0.717, 1.165) is 54.6 Å². The van der Waals surface area contributed by atoms with E-state index >= 15 is 0 Å². The van der Waals surface area contributed by atoms with E-state index in [1.165, 1.54) is 0 Å². The van der Waals surface area contributed by atoms with Gasteiger partial charge in [-0.25, -0.2) is 0 Å². The van der Waals surface area contributed by atoms with E-state index in [1.807, 2.05) is 24.3 Å². The minimum Gasteiger partial charge on any atom is -0.464 e. The third-order valence-electron chi connectivity index (χ3n) is 4.39. The van der Waals surface area contributed by atoms with Crippen LogP contribution in [0.5, 0.6) is 0 Å². The lowest BCUT2D eigenvalue weighted by Crippen LogP contribution is -1.80. The first kappa shape index (κ1) is 10.6. The molecule has 0 unspecified atom stereocenters. The minimum absolute atomic E-state index is 0.794. The van der Waals surface area contributed by atoms with Crippen molar-refractivity contribution in [2.24, 2.45) is 0 Å². The van der Waals surface area contributed by atoms with Crippen LogP contribution in [0.2, 0.25) is 0 Å². The van der Waals surface area contributed by atoms with Gasteiger partial charge in [0.25, 0.3) is 0 Å². The van der Waals surface area contributed by atoms with Crippen LogP contribution >= 0.6 is 0 Å². The molecule has 0 N–H and O–H groups in total. The van der Waals surface area contributed by atoms with E-state index in [2.05, 4.69) is 0 Å². The molecule has 0 spiro atoms. The summed E-state index contributed by atoms with van der Waals surface area (Å²) in [4.78, 5) is 0. The molecule has 104 valence electrons. The molecular weight excluding hydrogens is 280 g/mol. The lowest BCUT2D eigenvalue weighted by atomic mass is 9.98. The number of rotatable bonds is 0. The van der Waals surface area contributed by atoms with Crippen molar-refractivity contribution >= 4 is 54.6 Å². The highest BCUT2D eigenvalue weighted by Gasteiger charge is 2.21. The normalized spacial score (nSPS) is 12.5. The van der Waals surface area contributed by atoms with Crippen LogP contribution in [-0.2, 0) is 0 Å². The van der Waals surface area contributed by atoms with Crippen molar-refractivity contribution in [2.45, 2.75) is 0 Å². The van der Waals surface area contributed by atoms with Crippen LogP contribution in [0.4, 0.5) is 0 Å². The summed E-state index contributed by atoms with van der Waals surface area (Å²) in [6.45, 7) is 0. The average Bonchev–Trinajstić information content (AvgIpc) is 3.28. The number of furan rings is 4. The van der Waals surface area contributed by atoms with Crippen molar-refractivity contribution in [3.63, 3.8) is 0 Å². The van der Waals surface area contributed by atoms with E-state index in [9.17, 15) is 0 Å². The standard InChI is InChI=1S/C18H8O4/c1-5-19-15-9(1)13-14(18-11(15)3-7-22-18)10-2-6-20-16(10)12-4-8-21-17(12)13/h1-8H. The molecule has 4 heterocycles. The number of hydrogen-bond donors (Lipinski definition) is 0. The molecule has 0 fully saturated rings. The molecule has 6 aromatic rings. The Morgan fingerprint density at radius 2 is 0.773 bits per heavy atom. The van der Waals surface area contributed by atoms with Gasteiger partial charge in [-0.05, 0) is 24.3 Å². The van der Waals surface area contributed by atoms with Crippen molar-refractivity contribution < 1.29 is 17.7 Å². The summed E-state index contributed by atoms with van der Waals surface area (Å²) in [5.74, 6) is 0. The van der Waals surface area contributed by atoms with Crippen LogP contribution in [0, 0.1) is 0 Å². The Morgan fingerprint density at radius 1 is 0.409 bits per heavy atom. The van der Waals surface area contributed by atoms with E-state index in [1.54, 1.807) is 25.1 Å². The molecule has 0 saturated heterocycles. The maximum Gasteiger partial charge on any atom is 0.146 e. The first-order chi connectivity index (χ1) is 10.9. The molecule has 0 bridgehead atoms. The monoisotopic (exact) mass is 288 g/mol. The first-order valence-corrected chi connectivity index (χ1v) is 7.00. The molecule has 0 aliphatic heterocycles. The van der Waals surface area contributed by atoms with Gasteiger partial charge in [-0.15, -0.1) is 0 Å². The average molecular weight is 288 g/mol. The topological polar surface area (TPSA) is 52.6 Å². The fourth-order valence-corrected chi connectivity index (χ4v) is 3.53. The Balaban J connectivity index is 2.19. The number of hydrogen-bond acceptors (Lipinski definition) is 4. The van der Waals surface area contributed by atoms with Gasteiger partial charge in [0.2, 0.25) is 0 Å². The Kier molecular flexibility index (Phi) is 1.61. The summed E-state index contributed by atoms with van der Waals surface area (Å²) in [6.07, 6.45) is 6.77. The Labute approximate surface area is 122 Å². The molecule has 22 heavy (non-hydrogen) atoms. The smallest absolute Gasteiger partial charge is 0.146 e. The Hall–Kier alpha value is -3.14. The summed E-state index contributed by atoms with van der Waals surface area (Å²) >= 11 is 0. The minimum atomic E-state index is 0.794. The largest absolute Gasteiger partial charge is 0.464 e. The summed E-state index contributed by atoms with van der Waals surface area (Å²) in [7, 11) is 0. The molecule has 4 aromatic heterocycles. The highest BCUT2D eigenvalue weighted by atomic mass is 16.3. The zero-order valence-corrected chi connectivity index (χ0v) is 11.3. The maximum absolute atomic E-state index is 5.77. The summed E-state index contributed by atoms with van der Waals surface area (Å²) in [5.41, 5.74) is 3.22. The van der Waals surface area contributed by atoms with Crippen LogP contribution in [0.1, 0.15) is 0 Å². The lowest BCUT2D eigenvalue weighted by Gasteiger charge is -2.04. The van der Waals surface area contributed by atoms with Crippen molar-refractivity contribution in [3.8, 4) is 0 Å². The molecule has 6 rings (SSSR count). The third-order valence-corrected chi connectivity index (χ3v) is 4.39. The first-order valence-electron chi connectivity index (χ1n) is 7.00. The Bertz CT molecular complexity index is 1120. The van der Waals surface area contributed by atoms with Gasteiger partial charge in [0.15, 0.2) is 0 Å². The molecule has 0 amide bonds. The highest BCUT2D eigenvalue weighted by molar-refractivity contribution is 6.36. The van der Waals surface area contributed by atoms with Crippen molar-refractivity contribution in [3.05, 3.63) is 49.3 Å². The molecule has 0 saturated carbocycles. The van der Waals surface area contributed by atoms with Crippen LogP contribution in [0.15, 0.2) is 67.0 Å². The lowest BCUT2D eigenvalue weighted by molar-refractivity contribution is 0.610. The SMILES string of the molecule is c1cc2c(o1)c1ccoc1c1c3ccoc3c3ccoc3c21. The van der Waals surface area contributed by atoms with Gasteiger partial charge in [0.05, 0.1) is 35.8 Å². The Morgan fingerprint density at radius 3 is 1.23 bits per heavy atom. The second-order valence-electron chi connectivity index (χ2n) is 5.40. The van der Waals surface area contributed by atoms with E-state index in [-0.39, 0.29) is 0 Å². The number of fused-ring (bicyclic) bond motifs is 11. The van der Waals surface area contributed by atoms with Crippen LogP contribution in [-0.4, -0.2) is 0 Å². The molecule has 0 radical (unpaired) electrons. The molecule has 0 aliphatic rings. The third kappa shape index (κ3) is 1.01.